The van der Waals surface area contributed by atoms with Gasteiger partial charge in [0.15, 0.2) is 10.8 Å². The van der Waals surface area contributed by atoms with Gasteiger partial charge in [0.2, 0.25) is 5.13 Å². The van der Waals surface area contributed by atoms with Crippen molar-refractivity contribution in [3.63, 3.8) is 0 Å². The minimum Gasteiger partial charge on any atom is -0.483 e. The van der Waals surface area contributed by atoms with E-state index in [9.17, 15) is 0 Å². The molecular weight excluding hydrogens is 305 g/mol. The van der Waals surface area contributed by atoms with Crippen LogP contribution < -0.4 is 10.5 Å². The molecule has 0 aliphatic heterocycles. The monoisotopic (exact) mass is 309 g/mol. The predicted molar refractivity (Wildman–Crippen MR) is 70.1 cm³/mol. The van der Waals surface area contributed by atoms with E-state index in [1.165, 1.54) is 11.3 Å². The number of halogens is 3. The van der Waals surface area contributed by atoms with Crippen molar-refractivity contribution >= 4 is 51.3 Å². The first-order valence-electron chi connectivity index (χ1n) is 4.41. The number of nitrogens with zero attached hydrogens (tertiary/aromatic N) is 2. The van der Waals surface area contributed by atoms with Crippen molar-refractivity contribution in [2.45, 2.75) is 6.61 Å². The molecule has 0 saturated carbocycles. The van der Waals surface area contributed by atoms with Crippen LogP contribution >= 0.6 is 46.1 Å². The fraction of sp³-hybridized carbons (Fsp3) is 0.111. The van der Waals surface area contributed by atoms with Gasteiger partial charge < -0.3 is 10.5 Å². The number of benzene rings is 1. The van der Waals surface area contributed by atoms with Gasteiger partial charge in [-0.25, -0.2) is 0 Å². The fourth-order valence-electron chi connectivity index (χ4n) is 1.13. The highest BCUT2D eigenvalue weighted by Crippen LogP contribution is 2.36. The molecule has 0 unspecified atom stereocenters. The van der Waals surface area contributed by atoms with Crippen LogP contribution in [-0.4, -0.2) is 10.2 Å². The Balaban J connectivity index is 2.14. The first-order valence-corrected chi connectivity index (χ1v) is 6.36. The Bertz CT molecular complexity index is 523. The number of anilines is 1. The lowest BCUT2D eigenvalue weighted by Crippen LogP contribution is -1.96. The standard InChI is InChI=1S/C9H6Cl3N3OS/c10-4-1-5(11)8(6(12)2-4)16-3-7-14-15-9(13)17-7/h1-2H,3H2,(H2,13,15). The van der Waals surface area contributed by atoms with Gasteiger partial charge in [0.05, 0.1) is 10.0 Å². The molecule has 0 aliphatic rings. The quantitative estimate of drug-likeness (QED) is 0.940. The van der Waals surface area contributed by atoms with E-state index in [2.05, 4.69) is 10.2 Å². The summed E-state index contributed by atoms with van der Waals surface area (Å²) in [5, 5.41) is 9.66. The molecule has 0 atom stereocenters. The predicted octanol–water partition coefficient (Wildman–Crippen LogP) is 3.66. The van der Waals surface area contributed by atoms with Gasteiger partial charge in [0, 0.05) is 5.02 Å². The molecule has 0 amide bonds. The van der Waals surface area contributed by atoms with Crippen LogP contribution in [0.1, 0.15) is 5.01 Å². The highest BCUT2D eigenvalue weighted by atomic mass is 35.5. The second kappa shape index (κ2) is 5.27. The molecule has 2 N–H and O–H groups in total. The Morgan fingerprint density at radius 3 is 2.35 bits per heavy atom. The van der Waals surface area contributed by atoms with Crippen LogP contribution in [0.3, 0.4) is 0 Å². The number of nitrogen functional groups attached to an aromatic ring is 1. The van der Waals surface area contributed by atoms with Crippen molar-refractivity contribution in [2.24, 2.45) is 0 Å². The van der Waals surface area contributed by atoms with Gasteiger partial charge >= 0.3 is 0 Å². The zero-order chi connectivity index (χ0) is 12.4. The summed E-state index contributed by atoms with van der Waals surface area (Å²) in [5.41, 5.74) is 5.45. The van der Waals surface area contributed by atoms with Crippen molar-refractivity contribution in [2.75, 3.05) is 5.73 Å². The summed E-state index contributed by atoms with van der Waals surface area (Å²) in [5.74, 6) is 0.367. The van der Waals surface area contributed by atoms with Crippen LogP contribution in [0, 0.1) is 0 Å². The molecule has 0 spiro atoms. The summed E-state index contributed by atoms with van der Waals surface area (Å²) in [6.07, 6.45) is 0. The van der Waals surface area contributed by atoms with Crippen molar-refractivity contribution in [3.8, 4) is 5.75 Å². The van der Waals surface area contributed by atoms with Crippen LogP contribution in [0.2, 0.25) is 15.1 Å². The van der Waals surface area contributed by atoms with E-state index in [-0.39, 0.29) is 6.61 Å². The molecule has 90 valence electrons. The summed E-state index contributed by atoms with van der Waals surface area (Å²) < 4.78 is 5.45. The number of aromatic nitrogens is 2. The molecule has 4 nitrogen and oxygen atoms in total. The molecule has 0 saturated heterocycles. The number of hydrogen-bond donors (Lipinski definition) is 1. The molecule has 2 aromatic rings. The lowest BCUT2D eigenvalue weighted by molar-refractivity contribution is 0.305. The summed E-state index contributed by atoms with van der Waals surface area (Å²) in [7, 11) is 0. The molecule has 0 bridgehead atoms. The van der Waals surface area contributed by atoms with Crippen LogP contribution in [0.4, 0.5) is 5.13 Å². The fourth-order valence-corrected chi connectivity index (χ4v) is 2.57. The second-order valence-corrected chi connectivity index (χ2v) is 5.37. The van der Waals surface area contributed by atoms with Crippen molar-refractivity contribution in [1.29, 1.82) is 0 Å². The van der Waals surface area contributed by atoms with E-state index in [1.54, 1.807) is 12.1 Å². The Labute approximate surface area is 116 Å². The van der Waals surface area contributed by atoms with E-state index in [1.807, 2.05) is 0 Å². The average Bonchev–Trinajstić information content (AvgIpc) is 2.62. The number of ether oxygens (including phenoxy) is 1. The van der Waals surface area contributed by atoms with Crippen LogP contribution in [0.5, 0.6) is 5.75 Å². The molecule has 1 heterocycles. The third kappa shape index (κ3) is 3.13. The van der Waals surface area contributed by atoms with E-state index < -0.39 is 0 Å². The first kappa shape index (κ1) is 12.7. The van der Waals surface area contributed by atoms with Gasteiger partial charge in [-0.1, -0.05) is 46.1 Å². The van der Waals surface area contributed by atoms with Gasteiger partial charge in [-0.15, -0.1) is 10.2 Å². The van der Waals surface area contributed by atoms with Crippen molar-refractivity contribution < 1.29 is 4.74 Å². The van der Waals surface area contributed by atoms with Gasteiger partial charge in [0.25, 0.3) is 0 Å². The SMILES string of the molecule is Nc1nnc(COc2c(Cl)cc(Cl)cc2Cl)s1. The minimum absolute atomic E-state index is 0.204. The summed E-state index contributed by atoms with van der Waals surface area (Å²) in [4.78, 5) is 0. The molecular formula is C9H6Cl3N3OS. The van der Waals surface area contributed by atoms with Crippen molar-refractivity contribution in [1.82, 2.24) is 10.2 Å². The second-order valence-electron chi connectivity index (χ2n) is 3.02. The van der Waals surface area contributed by atoms with E-state index >= 15 is 0 Å². The van der Waals surface area contributed by atoms with Gasteiger partial charge in [0.1, 0.15) is 6.61 Å². The van der Waals surface area contributed by atoms with Gasteiger partial charge in [-0.2, -0.15) is 0 Å². The zero-order valence-corrected chi connectivity index (χ0v) is 11.4. The van der Waals surface area contributed by atoms with E-state index in [0.717, 1.165) is 0 Å². The Morgan fingerprint density at radius 1 is 1.18 bits per heavy atom. The van der Waals surface area contributed by atoms with E-state index in [4.69, 9.17) is 45.3 Å². The lowest BCUT2D eigenvalue weighted by atomic mass is 10.3. The van der Waals surface area contributed by atoms with Crippen LogP contribution in [0.25, 0.3) is 0 Å². The molecule has 0 aliphatic carbocycles. The van der Waals surface area contributed by atoms with Gasteiger partial charge in [-0.05, 0) is 12.1 Å². The van der Waals surface area contributed by atoms with E-state index in [0.29, 0.717) is 31.0 Å². The van der Waals surface area contributed by atoms with Crippen LogP contribution in [0.15, 0.2) is 12.1 Å². The maximum Gasteiger partial charge on any atom is 0.203 e. The zero-order valence-electron chi connectivity index (χ0n) is 8.28. The smallest absolute Gasteiger partial charge is 0.203 e. The van der Waals surface area contributed by atoms with Gasteiger partial charge in [-0.3, -0.25) is 0 Å². The highest BCUT2D eigenvalue weighted by molar-refractivity contribution is 7.15. The molecule has 2 rings (SSSR count). The summed E-state index contributed by atoms with van der Waals surface area (Å²) in [6, 6.07) is 3.11. The van der Waals surface area contributed by atoms with Crippen molar-refractivity contribution in [3.05, 3.63) is 32.2 Å². The molecule has 0 radical (unpaired) electrons. The average molecular weight is 311 g/mol. The van der Waals surface area contributed by atoms with Crippen LogP contribution in [-0.2, 0) is 6.61 Å². The summed E-state index contributed by atoms with van der Waals surface area (Å²) in [6.45, 7) is 0.204. The third-order valence-corrected chi connectivity index (χ3v) is 3.29. The maximum atomic E-state index is 5.96. The largest absolute Gasteiger partial charge is 0.483 e. The molecule has 0 fully saturated rings. The Morgan fingerprint density at radius 2 is 1.82 bits per heavy atom. The Hall–Kier alpha value is -0.750. The molecule has 8 heteroatoms. The maximum absolute atomic E-state index is 5.96. The number of nitrogens with two attached hydrogens (primary N) is 1. The normalized spacial score (nSPS) is 10.5. The molecule has 1 aromatic heterocycles. The topological polar surface area (TPSA) is 61.0 Å². The number of hydrogen-bond acceptors (Lipinski definition) is 5. The first-order chi connectivity index (χ1) is 8.06. The molecule has 17 heavy (non-hydrogen) atoms. The minimum atomic E-state index is 0.204. The Kier molecular flexibility index (Phi) is 3.93. The number of rotatable bonds is 3. The lowest BCUT2D eigenvalue weighted by Gasteiger charge is -2.08. The third-order valence-electron chi connectivity index (χ3n) is 1.79. The highest BCUT2D eigenvalue weighted by Gasteiger charge is 2.10. The summed E-state index contributed by atoms with van der Waals surface area (Å²) >= 11 is 18.9. The molecule has 1 aromatic carbocycles.